The number of benzene rings is 1. The van der Waals surface area contributed by atoms with Crippen molar-refractivity contribution in [3.63, 3.8) is 0 Å². The molecule has 49 heavy (non-hydrogen) atoms. The SMILES string of the molecule is C[C@@H](CN=CN[N]=[Ni])Oc1cc(-c2cnc(Nc3cn(C4CCC(N5[C@@H]6CC[C@H]5COC6)CC4)nc3OCc3ncco3)nc2)ccc1Cl. The molecule has 3 atom stereocenters. The molecule has 3 fully saturated rings. The number of morpholine rings is 1. The number of anilines is 2. The number of aliphatic imine (C=N–C) groups is 1. The number of ether oxygens (including phenoxy) is 3. The molecule has 0 unspecified atom stereocenters. The van der Waals surface area contributed by atoms with E-state index in [1.54, 1.807) is 24.7 Å². The van der Waals surface area contributed by atoms with Crippen molar-refractivity contribution < 1.29 is 33.9 Å². The van der Waals surface area contributed by atoms with Crippen molar-refractivity contribution >= 4 is 29.6 Å². The van der Waals surface area contributed by atoms with Gasteiger partial charge in [0.1, 0.15) is 12.0 Å². The summed E-state index contributed by atoms with van der Waals surface area (Å²) in [4.78, 5) is 20.3. The van der Waals surface area contributed by atoms with Crippen molar-refractivity contribution in [2.75, 3.05) is 25.1 Å². The van der Waals surface area contributed by atoms with Crippen molar-refractivity contribution in [3.05, 3.63) is 60.2 Å². The van der Waals surface area contributed by atoms with Crippen molar-refractivity contribution in [1.29, 1.82) is 0 Å². The standard InChI is InChI=1S/C33H39ClN10O4.Ni/c1-21(13-36-20-40-35)48-30-12-22(2-9-28(30)34)23-14-38-33(39-15-23)41-29-16-43(42-32(29)47-19-31-37-10-11-46-31)24-3-5-25(6-4-24)44-26-7-8-27(44)18-45-17-26;/h2,9-12,14-16,20-21,24-27H,3-8,13,17-19H2,1H3,(H,36,40)(H,38,39,41);/t21-,24?,25?,26-,27+;/m0./s1. The van der Waals surface area contributed by atoms with E-state index in [1.807, 2.05) is 29.9 Å². The maximum atomic E-state index is 6.43. The summed E-state index contributed by atoms with van der Waals surface area (Å²) in [6.45, 7) is 4.20. The van der Waals surface area contributed by atoms with E-state index in [0.29, 0.717) is 58.8 Å². The minimum atomic E-state index is -0.224. The molecule has 4 aromatic rings. The van der Waals surface area contributed by atoms with E-state index in [-0.39, 0.29) is 18.8 Å². The molecule has 2 N–H and O–H groups in total. The number of halogens is 1. The molecule has 3 aliphatic rings. The Morgan fingerprint density at radius 2 is 1.80 bits per heavy atom. The van der Waals surface area contributed by atoms with E-state index in [4.69, 9.17) is 35.3 Å². The van der Waals surface area contributed by atoms with Crippen LogP contribution in [0.1, 0.15) is 57.4 Å². The van der Waals surface area contributed by atoms with Gasteiger partial charge in [0, 0.05) is 18.1 Å². The molecule has 262 valence electrons. The number of oxazole rings is 1. The van der Waals surface area contributed by atoms with Gasteiger partial charge in [-0.3, -0.25) is 9.58 Å². The van der Waals surface area contributed by atoms with Crippen molar-refractivity contribution in [1.82, 2.24) is 35.1 Å². The summed E-state index contributed by atoms with van der Waals surface area (Å²) in [5.74, 6) is 1.86. The predicted octanol–water partition coefficient (Wildman–Crippen LogP) is 5.68. The molecule has 1 aliphatic carbocycles. The van der Waals surface area contributed by atoms with Crippen LogP contribution < -0.4 is 20.2 Å². The number of nitrogens with zero attached hydrogens (tertiary/aromatic N) is 8. The Kier molecular flexibility index (Phi) is 10.8. The average molecular weight is 734 g/mol. The molecule has 0 radical (unpaired) electrons. The Balaban J connectivity index is 1.03. The van der Waals surface area contributed by atoms with Crippen LogP contribution in [0, 0.1) is 0 Å². The van der Waals surface area contributed by atoms with Crippen LogP contribution in [0.25, 0.3) is 11.1 Å². The molecule has 0 amide bonds. The van der Waals surface area contributed by atoms with Gasteiger partial charge in [0.2, 0.25) is 11.8 Å². The topological polar surface area (TPSA) is 149 Å². The van der Waals surface area contributed by atoms with Crippen LogP contribution in [0.15, 0.2) is 62.8 Å². The summed E-state index contributed by atoms with van der Waals surface area (Å²) in [5, 5.41) is 8.68. The van der Waals surface area contributed by atoms with E-state index in [1.165, 1.54) is 25.4 Å². The van der Waals surface area contributed by atoms with Crippen LogP contribution in [-0.2, 0) is 26.6 Å². The van der Waals surface area contributed by atoms with E-state index < -0.39 is 0 Å². The van der Waals surface area contributed by atoms with Gasteiger partial charge in [0.25, 0.3) is 5.88 Å². The van der Waals surface area contributed by atoms with E-state index in [9.17, 15) is 0 Å². The molecular weight excluding hydrogens is 695 g/mol. The van der Waals surface area contributed by atoms with Crippen LogP contribution in [0.3, 0.4) is 0 Å². The number of hydrogen-bond acceptors (Lipinski definition) is 12. The van der Waals surface area contributed by atoms with Gasteiger partial charge >= 0.3 is 125 Å². The Morgan fingerprint density at radius 3 is 2.53 bits per heavy atom. The number of hydrogen-bond donors (Lipinski definition) is 2. The molecular formula is C33H39ClN10NiO4. The van der Waals surface area contributed by atoms with Gasteiger partial charge in [0.05, 0.1) is 31.6 Å². The fraction of sp³-hybridized carbons (Fsp3) is 0.485. The quantitative estimate of drug-likeness (QED) is 0.0714. The monoisotopic (exact) mass is 732 g/mol. The zero-order valence-corrected chi connectivity index (χ0v) is 28.8. The van der Waals surface area contributed by atoms with Gasteiger partial charge in [-0.1, -0.05) is 0 Å². The summed E-state index contributed by atoms with van der Waals surface area (Å²) in [7, 11) is 0. The zero-order valence-electron chi connectivity index (χ0n) is 27.1. The third-order valence-corrected chi connectivity index (χ3v) is 9.76. The number of aromatic nitrogens is 5. The maximum absolute atomic E-state index is 6.43. The van der Waals surface area contributed by atoms with Crippen LogP contribution >= 0.6 is 11.6 Å². The van der Waals surface area contributed by atoms with E-state index >= 15 is 0 Å². The molecule has 14 nitrogen and oxygen atoms in total. The minimum absolute atomic E-state index is 0.151. The predicted molar refractivity (Wildman–Crippen MR) is 179 cm³/mol. The summed E-state index contributed by atoms with van der Waals surface area (Å²) >= 11 is 10.6. The second-order valence-electron chi connectivity index (χ2n) is 12.6. The molecule has 2 aliphatic heterocycles. The fourth-order valence-corrected chi connectivity index (χ4v) is 7.25. The number of nitrogens with one attached hydrogen (secondary N) is 2. The molecule has 2 saturated heterocycles. The molecule has 7 rings (SSSR count). The normalized spacial score (nSPS) is 23.0. The summed E-state index contributed by atoms with van der Waals surface area (Å²) < 4.78 is 28.8. The molecule has 1 aromatic carbocycles. The molecule has 5 heterocycles. The second kappa shape index (κ2) is 15.8. The van der Waals surface area contributed by atoms with E-state index in [0.717, 1.165) is 50.0 Å². The van der Waals surface area contributed by atoms with Crippen molar-refractivity contribution in [2.45, 2.75) is 82.3 Å². The average Bonchev–Trinajstić information content (AvgIpc) is 3.85. The first kappa shape index (κ1) is 33.6. The Labute approximate surface area is 297 Å². The van der Waals surface area contributed by atoms with Gasteiger partial charge in [0.15, 0.2) is 6.61 Å². The van der Waals surface area contributed by atoms with Gasteiger partial charge in [-0.2, -0.15) is 0 Å². The van der Waals surface area contributed by atoms with Gasteiger partial charge in [-0.15, -0.1) is 5.10 Å². The van der Waals surface area contributed by atoms with Gasteiger partial charge < -0.3 is 19.2 Å². The fourth-order valence-electron chi connectivity index (χ4n) is 7.04. The van der Waals surface area contributed by atoms with E-state index in [2.05, 4.69) is 55.0 Å². The third-order valence-electron chi connectivity index (χ3n) is 9.32. The van der Waals surface area contributed by atoms with Crippen LogP contribution in [0.4, 0.5) is 11.6 Å². The number of fused-ring (bicyclic) bond motifs is 2. The Hall–Kier alpha value is -3.91. The van der Waals surface area contributed by atoms with Crippen LogP contribution in [0.5, 0.6) is 11.6 Å². The first-order valence-electron chi connectivity index (χ1n) is 16.6. The zero-order chi connectivity index (χ0) is 33.6. The summed E-state index contributed by atoms with van der Waals surface area (Å²) in [6.07, 6.45) is 16.7. The van der Waals surface area contributed by atoms with Crippen LogP contribution in [-0.4, -0.2) is 80.0 Å². The second-order valence-corrected chi connectivity index (χ2v) is 13.2. The van der Waals surface area contributed by atoms with Crippen LogP contribution in [0.2, 0.25) is 5.02 Å². The molecule has 1 saturated carbocycles. The molecule has 3 aromatic heterocycles. The Bertz CT molecular complexity index is 1700. The third kappa shape index (κ3) is 8.12. The van der Waals surface area contributed by atoms with Crippen molar-refractivity contribution in [3.8, 4) is 22.8 Å². The summed E-state index contributed by atoms with van der Waals surface area (Å²) in [6, 6.07) is 7.59. The molecule has 16 heteroatoms. The molecule has 2 bridgehead atoms. The van der Waals surface area contributed by atoms with Crippen molar-refractivity contribution in [2.24, 2.45) is 9.13 Å². The van der Waals surface area contributed by atoms with Gasteiger partial charge in [-0.25, -0.2) is 15.0 Å². The Morgan fingerprint density at radius 1 is 1.04 bits per heavy atom. The molecule has 0 spiro atoms. The van der Waals surface area contributed by atoms with Gasteiger partial charge in [-0.05, 0) is 38.5 Å². The first-order valence-corrected chi connectivity index (χ1v) is 17.4. The first-order chi connectivity index (χ1) is 24.0. The summed E-state index contributed by atoms with van der Waals surface area (Å²) in [5.41, 5.74) is 4.85. The number of rotatable bonds is 14.